The topological polar surface area (TPSA) is 55.1 Å². The number of hydrogen-bond acceptors (Lipinski definition) is 3. The zero-order chi connectivity index (χ0) is 13.2. The van der Waals surface area contributed by atoms with Crippen LogP contribution in [0, 0.1) is 0 Å². The first kappa shape index (κ1) is 11.7. The van der Waals surface area contributed by atoms with Crippen molar-refractivity contribution in [3.8, 4) is 0 Å². The first-order valence-corrected chi connectivity index (χ1v) is 6.70. The van der Waals surface area contributed by atoms with Crippen LogP contribution in [0.4, 0.5) is 11.4 Å². The second-order valence-corrected chi connectivity index (χ2v) is 5.27. The summed E-state index contributed by atoms with van der Waals surface area (Å²) in [7, 11) is 0. The van der Waals surface area contributed by atoms with Crippen molar-refractivity contribution in [2.75, 3.05) is 11.1 Å². The second-order valence-electron chi connectivity index (χ2n) is 4.19. The number of hydrogen-bond donors (Lipinski definition) is 2. The number of thiophene rings is 1. The number of amides is 1. The Balaban J connectivity index is 1.90. The Morgan fingerprint density at radius 1 is 1.05 bits per heavy atom. The minimum absolute atomic E-state index is 0.126. The third-order valence-electron chi connectivity index (χ3n) is 2.86. The third kappa shape index (κ3) is 2.30. The lowest BCUT2D eigenvalue weighted by molar-refractivity contribution is 0.103. The molecule has 0 aliphatic heterocycles. The van der Waals surface area contributed by atoms with Crippen LogP contribution in [0.2, 0.25) is 0 Å². The first-order valence-electron chi connectivity index (χ1n) is 5.88. The fourth-order valence-electron chi connectivity index (χ4n) is 1.89. The molecule has 0 saturated carbocycles. The van der Waals surface area contributed by atoms with E-state index < -0.39 is 0 Å². The van der Waals surface area contributed by atoms with Crippen molar-refractivity contribution in [1.29, 1.82) is 0 Å². The van der Waals surface area contributed by atoms with Crippen molar-refractivity contribution < 1.29 is 4.79 Å². The Hall–Kier alpha value is -2.33. The van der Waals surface area contributed by atoms with Crippen LogP contribution in [0.3, 0.4) is 0 Å². The summed E-state index contributed by atoms with van der Waals surface area (Å²) in [6.45, 7) is 0. The summed E-state index contributed by atoms with van der Waals surface area (Å²) in [6.07, 6.45) is 0. The highest BCUT2D eigenvalue weighted by Gasteiger charge is 2.11. The van der Waals surface area contributed by atoms with Crippen LogP contribution in [-0.2, 0) is 0 Å². The number of nitrogen functional groups attached to an aromatic ring is 1. The van der Waals surface area contributed by atoms with E-state index in [1.807, 2.05) is 42.5 Å². The summed E-state index contributed by atoms with van der Waals surface area (Å²) >= 11 is 1.48. The van der Waals surface area contributed by atoms with Gasteiger partial charge in [-0.3, -0.25) is 4.79 Å². The Morgan fingerprint density at radius 3 is 2.58 bits per heavy atom. The van der Waals surface area contributed by atoms with Gasteiger partial charge in [-0.15, -0.1) is 11.3 Å². The molecule has 0 spiro atoms. The lowest BCUT2D eigenvalue weighted by Crippen LogP contribution is -2.11. The highest BCUT2D eigenvalue weighted by molar-refractivity contribution is 7.20. The zero-order valence-electron chi connectivity index (χ0n) is 10.1. The molecule has 3 nitrogen and oxygen atoms in total. The molecule has 94 valence electrons. The van der Waals surface area contributed by atoms with E-state index in [9.17, 15) is 4.79 Å². The molecule has 4 heteroatoms. The van der Waals surface area contributed by atoms with Gasteiger partial charge in [-0.25, -0.2) is 0 Å². The number of carbonyl (C=O) groups excluding carboxylic acids is 1. The molecular formula is C15H12N2OS. The molecule has 19 heavy (non-hydrogen) atoms. The van der Waals surface area contributed by atoms with Crippen molar-refractivity contribution >= 4 is 38.7 Å². The minimum atomic E-state index is -0.126. The standard InChI is InChI=1S/C15H12N2OS/c16-11-6-2-3-7-12(11)17-15(18)14-9-10-5-1-4-8-13(10)19-14/h1-9H,16H2,(H,17,18). The average molecular weight is 268 g/mol. The van der Waals surface area contributed by atoms with E-state index in [0.717, 1.165) is 10.1 Å². The molecule has 0 aliphatic rings. The smallest absolute Gasteiger partial charge is 0.265 e. The van der Waals surface area contributed by atoms with Crippen LogP contribution in [0.1, 0.15) is 9.67 Å². The fourth-order valence-corrected chi connectivity index (χ4v) is 2.85. The maximum Gasteiger partial charge on any atom is 0.265 e. The molecule has 0 fully saturated rings. The monoisotopic (exact) mass is 268 g/mol. The molecular weight excluding hydrogens is 256 g/mol. The minimum Gasteiger partial charge on any atom is -0.397 e. The van der Waals surface area contributed by atoms with Crippen molar-refractivity contribution in [3.05, 3.63) is 59.5 Å². The molecule has 0 unspecified atom stereocenters. The first-order chi connectivity index (χ1) is 9.24. The summed E-state index contributed by atoms with van der Waals surface area (Å²) in [6, 6.07) is 17.1. The van der Waals surface area contributed by atoms with Gasteiger partial charge in [0.05, 0.1) is 16.3 Å². The summed E-state index contributed by atoms with van der Waals surface area (Å²) in [4.78, 5) is 12.9. The van der Waals surface area contributed by atoms with E-state index in [-0.39, 0.29) is 5.91 Å². The summed E-state index contributed by atoms with van der Waals surface area (Å²) in [5, 5.41) is 3.92. The van der Waals surface area contributed by atoms with E-state index in [1.54, 1.807) is 12.1 Å². The number of fused-ring (bicyclic) bond motifs is 1. The summed E-state index contributed by atoms with van der Waals surface area (Å²) < 4.78 is 1.11. The lowest BCUT2D eigenvalue weighted by Gasteiger charge is -2.05. The molecule has 1 heterocycles. The quantitative estimate of drug-likeness (QED) is 0.696. The lowest BCUT2D eigenvalue weighted by atomic mass is 10.2. The van der Waals surface area contributed by atoms with Crippen LogP contribution < -0.4 is 11.1 Å². The predicted octanol–water partition coefficient (Wildman–Crippen LogP) is 3.74. The van der Waals surface area contributed by atoms with E-state index in [4.69, 9.17) is 5.73 Å². The van der Waals surface area contributed by atoms with Gasteiger partial charge < -0.3 is 11.1 Å². The van der Waals surface area contributed by atoms with Crippen molar-refractivity contribution in [3.63, 3.8) is 0 Å². The van der Waals surface area contributed by atoms with Crippen LogP contribution in [0.25, 0.3) is 10.1 Å². The molecule has 0 saturated heterocycles. The Labute approximate surface area is 114 Å². The third-order valence-corrected chi connectivity index (χ3v) is 3.97. The van der Waals surface area contributed by atoms with Gasteiger partial charge in [-0.2, -0.15) is 0 Å². The Morgan fingerprint density at radius 2 is 1.79 bits per heavy atom. The molecule has 3 rings (SSSR count). The van der Waals surface area contributed by atoms with Gasteiger partial charge in [0.15, 0.2) is 0 Å². The van der Waals surface area contributed by atoms with E-state index in [0.29, 0.717) is 16.3 Å². The molecule has 0 radical (unpaired) electrons. The van der Waals surface area contributed by atoms with Crippen molar-refractivity contribution in [1.82, 2.24) is 0 Å². The number of anilines is 2. The highest BCUT2D eigenvalue weighted by atomic mass is 32.1. The predicted molar refractivity (Wildman–Crippen MR) is 80.6 cm³/mol. The fraction of sp³-hybridized carbons (Fsp3) is 0. The van der Waals surface area contributed by atoms with Crippen LogP contribution in [0.15, 0.2) is 54.6 Å². The van der Waals surface area contributed by atoms with Crippen molar-refractivity contribution in [2.24, 2.45) is 0 Å². The largest absolute Gasteiger partial charge is 0.397 e. The van der Waals surface area contributed by atoms with Crippen LogP contribution in [-0.4, -0.2) is 5.91 Å². The average Bonchev–Trinajstić information content (AvgIpc) is 2.85. The van der Waals surface area contributed by atoms with Gasteiger partial charge in [0.2, 0.25) is 0 Å². The maximum absolute atomic E-state index is 12.2. The van der Waals surface area contributed by atoms with E-state index in [2.05, 4.69) is 5.32 Å². The van der Waals surface area contributed by atoms with E-state index in [1.165, 1.54) is 11.3 Å². The summed E-state index contributed by atoms with van der Waals surface area (Å²) in [5.74, 6) is -0.126. The number of nitrogens with two attached hydrogens (primary N) is 1. The highest BCUT2D eigenvalue weighted by Crippen LogP contribution is 2.26. The van der Waals surface area contributed by atoms with Gasteiger partial charge in [0, 0.05) is 4.70 Å². The van der Waals surface area contributed by atoms with Gasteiger partial charge in [0.25, 0.3) is 5.91 Å². The van der Waals surface area contributed by atoms with Gasteiger partial charge in [-0.1, -0.05) is 30.3 Å². The summed E-state index contributed by atoms with van der Waals surface area (Å²) in [5.41, 5.74) is 7.02. The normalized spacial score (nSPS) is 10.5. The molecule has 1 aromatic heterocycles. The number of benzene rings is 2. The molecule has 0 aliphatic carbocycles. The number of para-hydroxylation sites is 2. The SMILES string of the molecule is Nc1ccccc1NC(=O)c1cc2ccccc2s1. The number of rotatable bonds is 2. The Kier molecular flexibility index (Phi) is 2.93. The molecule has 0 atom stereocenters. The Bertz CT molecular complexity index is 715. The van der Waals surface area contributed by atoms with Crippen LogP contribution >= 0.6 is 11.3 Å². The molecule has 1 amide bonds. The molecule has 2 aromatic carbocycles. The van der Waals surface area contributed by atoms with Gasteiger partial charge >= 0.3 is 0 Å². The van der Waals surface area contributed by atoms with E-state index >= 15 is 0 Å². The zero-order valence-corrected chi connectivity index (χ0v) is 10.9. The van der Waals surface area contributed by atoms with Crippen LogP contribution in [0.5, 0.6) is 0 Å². The molecule has 0 bridgehead atoms. The number of carbonyl (C=O) groups is 1. The van der Waals surface area contributed by atoms with Crippen molar-refractivity contribution in [2.45, 2.75) is 0 Å². The molecule has 3 aromatic rings. The number of nitrogens with one attached hydrogen (secondary N) is 1. The van der Waals surface area contributed by atoms with Gasteiger partial charge in [0.1, 0.15) is 0 Å². The maximum atomic E-state index is 12.2. The van der Waals surface area contributed by atoms with Gasteiger partial charge in [-0.05, 0) is 29.7 Å². The second kappa shape index (κ2) is 4.74. The molecule has 3 N–H and O–H groups in total.